The minimum atomic E-state index is 0.261. The first kappa shape index (κ1) is 15.9. The Bertz CT molecular complexity index is 551. The van der Waals surface area contributed by atoms with Gasteiger partial charge in [0, 0.05) is 19.0 Å². The van der Waals surface area contributed by atoms with Gasteiger partial charge in [-0.2, -0.15) is 9.97 Å². The standard InChI is InChI=1S/C17H24N4O4/c1-10-18-16(11(2-12-6-22-12)3-13-7-23-13)20-17(19-10)21(4-14-8-24-14)5-15-9-25-15/h11-15H,2-9H2,1H3. The molecule has 4 aliphatic heterocycles. The van der Waals surface area contributed by atoms with E-state index < -0.39 is 0 Å². The number of hydrogen-bond acceptors (Lipinski definition) is 8. The molecule has 4 unspecified atom stereocenters. The van der Waals surface area contributed by atoms with Crippen LogP contribution in [0.5, 0.6) is 0 Å². The molecule has 136 valence electrons. The largest absolute Gasteiger partial charge is 0.373 e. The van der Waals surface area contributed by atoms with E-state index in [1.807, 2.05) is 6.92 Å². The lowest BCUT2D eigenvalue weighted by molar-refractivity contribution is 0.339. The summed E-state index contributed by atoms with van der Waals surface area (Å²) in [6.45, 7) is 6.90. The van der Waals surface area contributed by atoms with Crippen LogP contribution in [0.15, 0.2) is 0 Å². The highest BCUT2D eigenvalue weighted by Gasteiger charge is 2.36. The summed E-state index contributed by atoms with van der Waals surface area (Å²) < 4.78 is 21.7. The Morgan fingerprint density at radius 1 is 0.840 bits per heavy atom. The second kappa shape index (κ2) is 6.42. The van der Waals surface area contributed by atoms with Gasteiger partial charge >= 0.3 is 0 Å². The Kier molecular flexibility index (Phi) is 4.08. The van der Waals surface area contributed by atoms with E-state index >= 15 is 0 Å². The van der Waals surface area contributed by atoms with Crippen LogP contribution in [-0.2, 0) is 18.9 Å². The Morgan fingerprint density at radius 2 is 1.36 bits per heavy atom. The van der Waals surface area contributed by atoms with Gasteiger partial charge in [0.25, 0.3) is 0 Å². The molecule has 0 N–H and O–H groups in total. The molecule has 0 saturated carbocycles. The first-order chi connectivity index (χ1) is 12.2. The first-order valence-corrected chi connectivity index (χ1v) is 9.17. The summed E-state index contributed by atoms with van der Waals surface area (Å²) in [6, 6.07) is 0. The number of aromatic nitrogens is 3. The van der Waals surface area contributed by atoms with Gasteiger partial charge in [0.05, 0.1) is 50.8 Å². The van der Waals surface area contributed by atoms with Crippen molar-refractivity contribution in [2.45, 2.75) is 50.1 Å². The van der Waals surface area contributed by atoms with Crippen molar-refractivity contribution in [3.05, 3.63) is 11.6 Å². The molecule has 8 nitrogen and oxygen atoms in total. The fourth-order valence-corrected chi connectivity index (χ4v) is 3.24. The van der Waals surface area contributed by atoms with Crippen molar-refractivity contribution in [3.8, 4) is 0 Å². The molecule has 4 atom stereocenters. The number of ether oxygens (including phenoxy) is 4. The van der Waals surface area contributed by atoms with Crippen molar-refractivity contribution in [3.63, 3.8) is 0 Å². The highest BCUT2D eigenvalue weighted by molar-refractivity contribution is 5.32. The molecule has 0 spiro atoms. The topological polar surface area (TPSA) is 92.0 Å². The molecule has 0 bridgehead atoms. The third-order valence-electron chi connectivity index (χ3n) is 4.95. The highest BCUT2D eigenvalue weighted by Crippen LogP contribution is 2.33. The minimum absolute atomic E-state index is 0.261. The number of rotatable bonds is 10. The summed E-state index contributed by atoms with van der Waals surface area (Å²) in [5.41, 5.74) is 0. The summed E-state index contributed by atoms with van der Waals surface area (Å²) in [4.78, 5) is 16.3. The maximum atomic E-state index is 5.44. The van der Waals surface area contributed by atoms with Crippen molar-refractivity contribution in [2.24, 2.45) is 0 Å². The molecule has 8 heteroatoms. The number of anilines is 1. The van der Waals surface area contributed by atoms with Gasteiger partial charge in [-0.1, -0.05) is 0 Å². The number of aryl methyl sites for hydroxylation is 1. The van der Waals surface area contributed by atoms with Crippen molar-refractivity contribution in [1.29, 1.82) is 0 Å². The van der Waals surface area contributed by atoms with Crippen LogP contribution in [0.3, 0.4) is 0 Å². The van der Waals surface area contributed by atoms with Gasteiger partial charge in [-0.15, -0.1) is 0 Å². The second-order valence-electron chi connectivity index (χ2n) is 7.44. The molecule has 5 rings (SSSR count). The van der Waals surface area contributed by atoms with Crippen molar-refractivity contribution in [1.82, 2.24) is 15.0 Å². The summed E-state index contributed by atoms with van der Waals surface area (Å²) in [5, 5.41) is 0. The van der Waals surface area contributed by atoms with E-state index in [1.54, 1.807) is 0 Å². The van der Waals surface area contributed by atoms with E-state index in [-0.39, 0.29) is 18.1 Å². The van der Waals surface area contributed by atoms with Crippen LogP contribution in [0, 0.1) is 6.92 Å². The fraction of sp³-hybridized carbons (Fsp3) is 0.824. The molecule has 25 heavy (non-hydrogen) atoms. The Morgan fingerprint density at radius 3 is 1.84 bits per heavy atom. The van der Waals surface area contributed by atoms with Gasteiger partial charge < -0.3 is 23.8 Å². The molecule has 1 aromatic rings. The molecule has 0 aromatic carbocycles. The van der Waals surface area contributed by atoms with E-state index in [0.29, 0.717) is 12.2 Å². The molecule has 4 saturated heterocycles. The lowest BCUT2D eigenvalue weighted by Gasteiger charge is -2.23. The average molecular weight is 348 g/mol. The Hall–Kier alpha value is -1.35. The van der Waals surface area contributed by atoms with Gasteiger partial charge in [0.15, 0.2) is 0 Å². The van der Waals surface area contributed by atoms with Crippen molar-refractivity contribution >= 4 is 5.95 Å². The van der Waals surface area contributed by atoms with Crippen LogP contribution in [0.4, 0.5) is 5.95 Å². The van der Waals surface area contributed by atoms with Crippen molar-refractivity contribution < 1.29 is 18.9 Å². The lowest BCUT2D eigenvalue weighted by atomic mass is 9.97. The molecule has 1 aromatic heterocycles. The summed E-state index contributed by atoms with van der Waals surface area (Å²) in [5.74, 6) is 2.63. The SMILES string of the molecule is Cc1nc(C(CC2CO2)CC2CO2)nc(N(CC2CO2)CC2CO2)n1. The smallest absolute Gasteiger partial charge is 0.229 e. The van der Waals surface area contributed by atoms with Gasteiger partial charge in [0.2, 0.25) is 5.95 Å². The first-order valence-electron chi connectivity index (χ1n) is 9.17. The fourth-order valence-electron chi connectivity index (χ4n) is 3.24. The van der Waals surface area contributed by atoms with E-state index in [4.69, 9.17) is 23.9 Å². The monoisotopic (exact) mass is 348 g/mol. The molecular weight excluding hydrogens is 324 g/mol. The minimum Gasteiger partial charge on any atom is -0.373 e. The second-order valence-corrected chi connectivity index (χ2v) is 7.44. The quantitative estimate of drug-likeness (QED) is 0.563. The Labute approximate surface area is 146 Å². The third-order valence-corrected chi connectivity index (χ3v) is 4.95. The number of nitrogens with zero attached hydrogens (tertiary/aromatic N) is 4. The molecule has 4 fully saturated rings. The molecule has 0 radical (unpaired) electrons. The summed E-state index contributed by atoms with van der Waals surface area (Å²) in [7, 11) is 0. The van der Waals surface area contributed by atoms with Crippen LogP contribution in [-0.4, -0.2) is 78.9 Å². The zero-order valence-corrected chi connectivity index (χ0v) is 14.5. The van der Waals surface area contributed by atoms with E-state index in [9.17, 15) is 0 Å². The normalized spacial score (nSPS) is 33.0. The predicted molar refractivity (Wildman–Crippen MR) is 87.7 cm³/mol. The maximum Gasteiger partial charge on any atom is 0.229 e. The van der Waals surface area contributed by atoms with Gasteiger partial charge in [-0.05, 0) is 19.8 Å². The predicted octanol–water partition coefficient (Wildman–Crippen LogP) is 0.445. The van der Waals surface area contributed by atoms with Crippen LogP contribution in [0.25, 0.3) is 0 Å². The zero-order valence-electron chi connectivity index (χ0n) is 14.5. The van der Waals surface area contributed by atoms with E-state index in [2.05, 4.69) is 14.9 Å². The third kappa shape index (κ3) is 4.44. The molecule has 0 aliphatic carbocycles. The van der Waals surface area contributed by atoms with Gasteiger partial charge in [-0.25, -0.2) is 4.98 Å². The van der Waals surface area contributed by atoms with Crippen LogP contribution in [0.1, 0.15) is 30.4 Å². The molecular formula is C17H24N4O4. The van der Waals surface area contributed by atoms with Crippen LogP contribution < -0.4 is 4.90 Å². The molecule has 5 heterocycles. The number of epoxide rings is 4. The lowest BCUT2D eigenvalue weighted by Crippen LogP contribution is -2.34. The van der Waals surface area contributed by atoms with Crippen molar-refractivity contribution in [2.75, 3.05) is 44.4 Å². The highest BCUT2D eigenvalue weighted by atomic mass is 16.6. The summed E-state index contributed by atoms with van der Waals surface area (Å²) >= 11 is 0. The zero-order chi connectivity index (χ0) is 16.8. The average Bonchev–Trinajstić information content (AvgIpc) is 3.44. The molecule has 0 amide bonds. The van der Waals surface area contributed by atoms with Gasteiger partial charge in [0.1, 0.15) is 11.6 Å². The van der Waals surface area contributed by atoms with Crippen LogP contribution >= 0.6 is 0 Å². The maximum absolute atomic E-state index is 5.44. The van der Waals surface area contributed by atoms with Gasteiger partial charge in [-0.3, -0.25) is 0 Å². The van der Waals surface area contributed by atoms with E-state index in [1.165, 1.54) is 0 Å². The summed E-state index contributed by atoms with van der Waals surface area (Å²) in [6.07, 6.45) is 3.19. The van der Waals surface area contributed by atoms with Crippen LogP contribution in [0.2, 0.25) is 0 Å². The Balaban J connectivity index is 1.38. The molecule has 4 aliphatic rings. The van der Waals surface area contributed by atoms with E-state index in [0.717, 1.165) is 70.0 Å². The number of hydrogen-bond donors (Lipinski definition) is 0.